The van der Waals surface area contributed by atoms with Crippen molar-refractivity contribution in [2.75, 3.05) is 19.8 Å². The summed E-state index contributed by atoms with van der Waals surface area (Å²) >= 11 is 0. The minimum Gasteiger partial charge on any atom is -0.394 e. The van der Waals surface area contributed by atoms with Gasteiger partial charge in [-0.25, -0.2) is 0 Å². The van der Waals surface area contributed by atoms with E-state index in [-0.39, 0.29) is 28.3 Å². The molecular formula is C48H82O18. The van der Waals surface area contributed by atoms with Gasteiger partial charge in [-0.15, -0.1) is 0 Å². The Hall–Kier alpha value is -0.980. The molecule has 3 saturated heterocycles. The van der Waals surface area contributed by atoms with E-state index in [1.807, 2.05) is 0 Å². The van der Waals surface area contributed by atoms with Gasteiger partial charge in [0.2, 0.25) is 0 Å². The maximum atomic E-state index is 11.4. The number of hydrogen-bond acceptors (Lipinski definition) is 18. The Morgan fingerprint density at radius 3 is 1.79 bits per heavy atom. The van der Waals surface area contributed by atoms with Crippen molar-refractivity contribution < 1.29 is 89.7 Å². The highest BCUT2D eigenvalue weighted by Gasteiger charge is 2.67. The first-order valence-electron chi connectivity index (χ1n) is 24.4. The third-order valence-electron chi connectivity index (χ3n) is 18.6. The molecule has 0 aromatic carbocycles. The number of fused-ring (bicyclic) bond motifs is 5. The molecule has 0 amide bonds. The van der Waals surface area contributed by atoms with E-state index < -0.39 is 129 Å². The molecule has 3 aliphatic heterocycles. The molecule has 5 unspecified atom stereocenters. The summed E-state index contributed by atoms with van der Waals surface area (Å²) in [7, 11) is 0. The van der Waals surface area contributed by atoms with Crippen LogP contribution in [0.25, 0.3) is 0 Å². The van der Waals surface area contributed by atoms with Crippen LogP contribution < -0.4 is 0 Å². The smallest absolute Gasteiger partial charge is 0.187 e. The molecule has 0 radical (unpaired) electrons. The van der Waals surface area contributed by atoms with Crippen LogP contribution in [-0.2, 0) is 28.4 Å². The largest absolute Gasteiger partial charge is 0.394 e. The van der Waals surface area contributed by atoms with Gasteiger partial charge in [0.1, 0.15) is 73.2 Å². The van der Waals surface area contributed by atoms with Gasteiger partial charge in [-0.3, -0.25) is 0 Å². The predicted molar refractivity (Wildman–Crippen MR) is 234 cm³/mol. The Labute approximate surface area is 388 Å². The van der Waals surface area contributed by atoms with Crippen molar-refractivity contribution in [2.24, 2.45) is 45.3 Å². The molecule has 18 nitrogen and oxygen atoms in total. The molecule has 0 bridgehead atoms. The standard InChI is InChI=1S/C48H82O18/c1-22(9-13-31(45(4,5)60)66-43-40(59)37(56)34(53)28(64-43)21-61-41-38(57)35(54)32(51)26(19-49)62-41)23-15-16-48(8)29-12-10-24-25(46(29,6)17-18-47(23,48)7)11-14-30(44(24,2)3)65-42-39(58)36(55)33(52)27(20-50)63-42/h10,22-23,25-43,49-60H,9,11-21H2,1-8H3/t22?,23?,25?,26-,27-,28-,29?,30+,31-,32-,33-,34-,35+,36+,37+,38-,39-,40-,41-,42+,43+,46+,47?,48+/m1/s1. The highest BCUT2D eigenvalue weighted by Crippen LogP contribution is 2.75. The Morgan fingerprint density at radius 1 is 0.652 bits per heavy atom. The van der Waals surface area contributed by atoms with E-state index >= 15 is 0 Å². The Morgan fingerprint density at radius 2 is 1.20 bits per heavy atom. The van der Waals surface area contributed by atoms with Crippen LogP contribution in [0.2, 0.25) is 0 Å². The first-order chi connectivity index (χ1) is 30.8. The maximum absolute atomic E-state index is 11.4. The van der Waals surface area contributed by atoms with E-state index in [9.17, 15) is 61.3 Å². The van der Waals surface area contributed by atoms with Crippen LogP contribution in [-0.4, -0.2) is 191 Å². The SMILES string of the molecule is CC(CC[C@@H](O[C@@H]1O[C@H](CO[C@@H]2O[C@H](CO)[C@@H](O)[C@H](O)[C@H]2O)[C@@H](O)[C@H](O)[C@H]1O)C(C)(C)O)C1CC[C@@]2(C)C3CC=C4C(CC[C@H](O[C@@H]5O[C@H](CO)[C@@H](O)[C@H](O)[C@H]5O)C4(C)C)[C@]3(C)CCC12C. The first-order valence-corrected chi connectivity index (χ1v) is 24.4. The van der Waals surface area contributed by atoms with Crippen LogP contribution in [0.5, 0.6) is 0 Å². The van der Waals surface area contributed by atoms with E-state index in [0.29, 0.717) is 30.6 Å². The van der Waals surface area contributed by atoms with Crippen molar-refractivity contribution in [2.45, 2.75) is 223 Å². The molecule has 12 N–H and O–H groups in total. The van der Waals surface area contributed by atoms with Gasteiger partial charge in [-0.05, 0) is 112 Å². The van der Waals surface area contributed by atoms with Gasteiger partial charge in [0.25, 0.3) is 0 Å². The minimum absolute atomic E-state index is 0.0308. The summed E-state index contributed by atoms with van der Waals surface area (Å²) in [5.74, 6) is 1.39. The van der Waals surface area contributed by atoms with E-state index in [4.69, 9.17) is 28.4 Å². The summed E-state index contributed by atoms with van der Waals surface area (Å²) in [5, 5.41) is 126. The summed E-state index contributed by atoms with van der Waals surface area (Å²) in [4.78, 5) is 0. The number of aliphatic hydroxyl groups excluding tert-OH is 11. The molecule has 7 aliphatic rings. The second kappa shape index (κ2) is 19.6. The van der Waals surface area contributed by atoms with Crippen LogP contribution in [0.15, 0.2) is 11.6 Å². The molecule has 3 heterocycles. The van der Waals surface area contributed by atoms with Crippen molar-refractivity contribution in [3.63, 3.8) is 0 Å². The van der Waals surface area contributed by atoms with Gasteiger partial charge in [0.05, 0.1) is 37.6 Å². The molecule has 382 valence electrons. The van der Waals surface area contributed by atoms with Crippen molar-refractivity contribution in [1.29, 1.82) is 0 Å². The molecule has 4 aliphatic carbocycles. The lowest BCUT2D eigenvalue weighted by Crippen LogP contribution is -2.62. The highest BCUT2D eigenvalue weighted by molar-refractivity contribution is 5.30. The van der Waals surface area contributed by atoms with E-state index in [1.54, 1.807) is 13.8 Å². The summed E-state index contributed by atoms with van der Waals surface area (Å²) in [6, 6.07) is 0. The van der Waals surface area contributed by atoms with Crippen LogP contribution >= 0.6 is 0 Å². The zero-order valence-corrected chi connectivity index (χ0v) is 40.0. The third-order valence-corrected chi connectivity index (χ3v) is 18.6. The van der Waals surface area contributed by atoms with Crippen molar-refractivity contribution in [3.05, 3.63) is 11.6 Å². The molecule has 18 heteroatoms. The number of allylic oxidation sites excluding steroid dienone is 1. The van der Waals surface area contributed by atoms with Crippen LogP contribution in [0.1, 0.15) is 113 Å². The fourth-order valence-electron chi connectivity index (χ4n) is 14.1. The minimum atomic E-state index is -1.72. The van der Waals surface area contributed by atoms with Gasteiger partial charge >= 0.3 is 0 Å². The molecular weight excluding hydrogens is 865 g/mol. The van der Waals surface area contributed by atoms with Gasteiger partial charge in [0, 0.05) is 5.41 Å². The molecule has 3 saturated carbocycles. The normalized spacial score (nSPS) is 50.4. The number of rotatable bonds is 14. The molecule has 0 aromatic heterocycles. The quantitative estimate of drug-likeness (QED) is 0.102. The Bertz CT molecular complexity index is 1670. The Balaban J connectivity index is 0.997. The second-order valence-electron chi connectivity index (χ2n) is 23.0. The summed E-state index contributed by atoms with van der Waals surface area (Å²) in [5.41, 5.74) is -0.322. The molecule has 0 aromatic rings. The van der Waals surface area contributed by atoms with Gasteiger partial charge in [-0.2, -0.15) is 0 Å². The second-order valence-corrected chi connectivity index (χ2v) is 23.0. The van der Waals surface area contributed by atoms with E-state index in [0.717, 1.165) is 44.9 Å². The maximum Gasteiger partial charge on any atom is 0.187 e. The van der Waals surface area contributed by atoms with Crippen molar-refractivity contribution in [3.8, 4) is 0 Å². The van der Waals surface area contributed by atoms with Crippen LogP contribution in [0.3, 0.4) is 0 Å². The highest BCUT2D eigenvalue weighted by atomic mass is 16.7. The monoisotopic (exact) mass is 947 g/mol. The molecule has 0 spiro atoms. The fraction of sp³-hybridized carbons (Fsp3) is 0.958. The molecule has 6 fully saturated rings. The molecule has 24 atom stereocenters. The van der Waals surface area contributed by atoms with Crippen LogP contribution in [0, 0.1) is 45.3 Å². The number of aliphatic hydroxyl groups is 12. The van der Waals surface area contributed by atoms with Gasteiger partial charge < -0.3 is 89.7 Å². The average Bonchev–Trinajstić information content (AvgIpc) is 3.55. The number of hydrogen-bond donors (Lipinski definition) is 12. The lowest BCUT2D eigenvalue weighted by atomic mass is 9.39. The lowest BCUT2D eigenvalue weighted by molar-refractivity contribution is -0.341. The predicted octanol–water partition coefficient (Wildman–Crippen LogP) is -0.0268. The van der Waals surface area contributed by atoms with Gasteiger partial charge in [-0.1, -0.05) is 53.2 Å². The van der Waals surface area contributed by atoms with Crippen LogP contribution in [0.4, 0.5) is 0 Å². The van der Waals surface area contributed by atoms with E-state index in [2.05, 4.69) is 47.6 Å². The topological polar surface area (TPSA) is 298 Å². The average molecular weight is 947 g/mol. The summed E-state index contributed by atoms with van der Waals surface area (Å²) in [6.45, 7) is 15.7. The van der Waals surface area contributed by atoms with Gasteiger partial charge in [0.15, 0.2) is 18.9 Å². The molecule has 66 heavy (non-hydrogen) atoms. The van der Waals surface area contributed by atoms with Crippen molar-refractivity contribution in [1.82, 2.24) is 0 Å². The Kier molecular flexibility index (Phi) is 15.7. The molecule has 7 rings (SSSR count). The zero-order valence-electron chi connectivity index (χ0n) is 40.0. The van der Waals surface area contributed by atoms with E-state index in [1.165, 1.54) is 5.57 Å². The van der Waals surface area contributed by atoms with Crippen molar-refractivity contribution >= 4 is 0 Å². The summed E-state index contributed by atoms with van der Waals surface area (Å²) < 4.78 is 35.4. The fourth-order valence-corrected chi connectivity index (χ4v) is 14.1. The third kappa shape index (κ3) is 9.12. The number of ether oxygens (including phenoxy) is 6. The summed E-state index contributed by atoms with van der Waals surface area (Å²) in [6.07, 6.45) is -13.0. The zero-order chi connectivity index (χ0) is 48.6. The lowest BCUT2D eigenvalue weighted by Gasteiger charge is -2.66. The first kappa shape index (κ1) is 52.8.